The molecule has 0 fully saturated rings. The van der Waals surface area contributed by atoms with Crippen molar-refractivity contribution in [2.45, 2.75) is 26.7 Å². The third-order valence-electron chi connectivity index (χ3n) is 0.928. The molecule has 13 heavy (non-hydrogen) atoms. The van der Waals surface area contributed by atoms with Crippen LogP contribution in [-0.4, -0.2) is 30.2 Å². The normalized spacial score (nSPS) is 8.23. The summed E-state index contributed by atoms with van der Waals surface area (Å²) in [6.45, 7) is 3.62. The summed E-state index contributed by atoms with van der Waals surface area (Å²) >= 11 is 0. The van der Waals surface area contributed by atoms with Crippen LogP contribution in [-0.2, 0) is 14.3 Å². The zero-order valence-electron chi connectivity index (χ0n) is 8.08. The molecule has 0 rings (SSSR count). The van der Waals surface area contributed by atoms with Gasteiger partial charge >= 0.3 is 5.97 Å². The number of carboxylic acids is 1. The van der Waals surface area contributed by atoms with Crippen LogP contribution in [0.2, 0.25) is 0 Å². The summed E-state index contributed by atoms with van der Waals surface area (Å²) < 4.78 is 4.67. The van der Waals surface area contributed by atoms with Crippen LogP contribution in [0, 0.1) is 0 Å². The summed E-state index contributed by atoms with van der Waals surface area (Å²) in [5.74, 6) is -1.15. The molecule has 0 aromatic heterocycles. The molecule has 0 amide bonds. The second-order valence-electron chi connectivity index (χ2n) is 2.30. The number of hydrogen-bond acceptors (Lipinski definition) is 4. The molecule has 0 aromatic rings. The van der Waals surface area contributed by atoms with Gasteiger partial charge in [0.15, 0.2) is 0 Å². The van der Waals surface area contributed by atoms with Crippen molar-refractivity contribution in [2.24, 2.45) is 5.73 Å². The molecule has 5 heteroatoms. The van der Waals surface area contributed by atoms with Crippen molar-refractivity contribution in [1.29, 1.82) is 0 Å². The Morgan fingerprint density at radius 1 is 1.46 bits per heavy atom. The van der Waals surface area contributed by atoms with Gasteiger partial charge in [0.2, 0.25) is 0 Å². The maximum absolute atomic E-state index is 10.3. The van der Waals surface area contributed by atoms with E-state index in [4.69, 9.17) is 15.6 Å². The van der Waals surface area contributed by atoms with Crippen molar-refractivity contribution in [3.05, 3.63) is 0 Å². The molecule has 0 unspecified atom stereocenters. The highest BCUT2D eigenvalue weighted by Crippen LogP contribution is 1.86. The van der Waals surface area contributed by atoms with Crippen LogP contribution in [0.25, 0.3) is 0 Å². The predicted molar refractivity (Wildman–Crippen MR) is 48.2 cm³/mol. The van der Waals surface area contributed by atoms with Crippen LogP contribution in [0.1, 0.15) is 26.7 Å². The van der Waals surface area contributed by atoms with Crippen LogP contribution < -0.4 is 5.73 Å². The number of ether oxygens (including phenoxy) is 1. The lowest BCUT2D eigenvalue weighted by Gasteiger charge is -1.99. The minimum atomic E-state index is -0.833. The molecule has 5 nitrogen and oxygen atoms in total. The number of esters is 1. The number of carbonyl (C=O) groups excluding carboxylic acids is 1. The van der Waals surface area contributed by atoms with Gasteiger partial charge < -0.3 is 15.6 Å². The first-order chi connectivity index (χ1) is 6.04. The number of hydrogen-bond donors (Lipinski definition) is 2. The summed E-state index contributed by atoms with van der Waals surface area (Å²) in [5, 5.41) is 7.42. The third-order valence-corrected chi connectivity index (χ3v) is 0.928. The molecule has 3 N–H and O–H groups in total. The highest BCUT2D eigenvalue weighted by molar-refractivity contribution is 5.71. The monoisotopic (exact) mass is 191 g/mol. The van der Waals surface area contributed by atoms with E-state index in [1.165, 1.54) is 0 Å². The number of rotatable bonds is 4. The van der Waals surface area contributed by atoms with Crippen LogP contribution >= 0.6 is 0 Å². The fraction of sp³-hybridized carbons (Fsp3) is 0.750. The highest BCUT2D eigenvalue weighted by atomic mass is 16.5. The number of aliphatic carboxylic acids is 1. The van der Waals surface area contributed by atoms with Gasteiger partial charge in [-0.2, -0.15) is 0 Å². The highest BCUT2D eigenvalue weighted by Gasteiger charge is 1.94. The first kappa shape index (κ1) is 14.4. The van der Waals surface area contributed by atoms with Crippen molar-refractivity contribution in [1.82, 2.24) is 0 Å². The SMILES string of the molecule is CC(=O)O.CCCCOC(=O)CN. The van der Waals surface area contributed by atoms with E-state index in [1.807, 2.05) is 6.92 Å². The summed E-state index contributed by atoms with van der Waals surface area (Å²) in [6.07, 6.45) is 1.96. The summed E-state index contributed by atoms with van der Waals surface area (Å²) in [7, 11) is 0. The molecule has 0 spiro atoms. The molecule has 0 bridgehead atoms. The maximum Gasteiger partial charge on any atom is 0.319 e. The lowest BCUT2D eigenvalue weighted by Crippen LogP contribution is -2.17. The summed E-state index contributed by atoms with van der Waals surface area (Å²) in [6, 6.07) is 0. The van der Waals surface area contributed by atoms with E-state index >= 15 is 0 Å². The van der Waals surface area contributed by atoms with Crippen molar-refractivity contribution in [3.8, 4) is 0 Å². The molecule has 0 aromatic carbocycles. The van der Waals surface area contributed by atoms with Crippen LogP contribution in [0.3, 0.4) is 0 Å². The van der Waals surface area contributed by atoms with Crippen LogP contribution in [0.4, 0.5) is 0 Å². The minimum absolute atomic E-state index is 0.0102. The van der Waals surface area contributed by atoms with E-state index in [0.717, 1.165) is 19.8 Å². The zero-order chi connectivity index (χ0) is 10.7. The summed E-state index contributed by atoms with van der Waals surface area (Å²) in [4.78, 5) is 19.3. The molecule has 0 aliphatic heterocycles. The van der Waals surface area contributed by atoms with E-state index < -0.39 is 5.97 Å². The molecule has 0 aliphatic rings. The zero-order valence-corrected chi connectivity index (χ0v) is 8.08. The Morgan fingerprint density at radius 3 is 2.23 bits per heavy atom. The number of unbranched alkanes of at least 4 members (excludes halogenated alkanes) is 1. The largest absolute Gasteiger partial charge is 0.481 e. The van der Waals surface area contributed by atoms with Gasteiger partial charge in [-0.1, -0.05) is 13.3 Å². The van der Waals surface area contributed by atoms with Gasteiger partial charge in [0, 0.05) is 6.92 Å². The first-order valence-electron chi connectivity index (χ1n) is 4.09. The van der Waals surface area contributed by atoms with Gasteiger partial charge in [-0.05, 0) is 6.42 Å². The average molecular weight is 191 g/mol. The second-order valence-corrected chi connectivity index (χ2v) is 2.30. The quantitative estimate of drug-likeness (QED) is 0.495. The Morgan fingerprint density at radius 2 is 1.92 bits per heavy atom. The number of carbonyl (C=O) groups is 2. The van der Waals surface area contributed by atoms with Crippen molar-refractivity contribution < 1.29 is 19.4 Å². The van der Waals surface area contributed by atoms with Crippen molar-refractivity contribution >= 4 is 11.9 Å². The van der Waals surface area contributed by atoms with E-state index in [9.17, 15) is 4.79 Å². The van der Waals surface area contributed by atoms with E-state index in [2.05, 4.69) is 4.74 Å². The Bertz CT molecular complexity index is 143. The molecule has 0 radical (unpaired) electrons. The maximum atomic E-state index is 10.3. The van der Waals surface area contributed by atoms with Gasteiger partial charge in [-0.3, -0.25) is 9.59 Å². The molecule has 78 valence electrons. The summed E-state index contributed by atoms with van der Waals surface area (Å²) in [5.41, 5.74) is 4.98. The fourth-order valence-corrected chi connectivity index (χ4v) is 0.389. The fourth-order valence-electron chi connectivity index (χ4n) is 0.389. The smallest absolute Gasteiger partial charge is 0.319 e. The average Bonchev–Trinajstić information content (AvgIpc) is 2.03. The Balaban J connectivity index is 0. The first-order valence-corrected chi connectivity index (χ1v) is 4.09. The molecule has 0 saturated carbocycles. The van der Waals surface area contributed by atoms with Gasteiger partial charge in [0.05, 0.1) is 13.2 Å². The molecule has 0 saturated heterocycles. The van der Waals surface area contributed by atoms with E-state index in [0.29, 0.717) is 6.61 Å². The molecular formula is C8H17NO4. The van der Waals surface area contributed by atoms with E-state index in [1.54, 1.807) is 0 Å². The van der Waals surface area contributed by atoms with Gasteiger partial charge in [0.1, 0.15) is 0 Å². The third kappa shape index (κ3) is 24.8. The topological polar surface area (TPSA) is 89.6 Å². The second kappa shape index (κ2) is 10.9. The van der Waals surface area contributed by atoms with Crippen molar-refractivity contribution in [3.63, 3.8) is 0 Å². The van der Waals surface area contributed by atoms with Crippen molar-refractivity contribution in [2.75, 3.05) is 13.2 Å². The minimum Gasteiger partial charge on any atom is -0.481 e. The van der Waals surface area contributed by atoms with E-state index in [-0.39, 0.29) is 12.5 Å². The Labute approximate surface area is 77.9 Å². The molecule has 0 atom stereocenters. The molecular weight excluding hydrogens is 174 g/mol. The lowest BCUT2D eigenvalue weighted by molar-refractivity contribution is -0.142. The number of carboxylic acid groups (broad SMARTS) is 1. The molecule has 0 heterocycles. The Hall–Kier alpha value is -1.10. The molecule has 0 aliphatic carbocycles. The van der Waals surface area contributed by atoms with Gasteiger partial charge in [-0.25, -0.2) is 0 Å². The Kier molecular flexibility index (Phi) is 12.1. The van der Waals surface area contributed by atoms with Crippen LogP contribution in [0.15, 0.2) is 0 Å². The number of nitrogens with two attached hydrogens (primary N) is 1. The van der Waals surface area contributed by atoms with Gasteiger partial charge in [0.25, 0.3) is 5.97 Å². The van der Waals surface area contributed by atoms with Crippen LogP contribution in [0.5, 0.6) is 0 Å². The standard InChI is InChI=1S/C6H13NO2.C2H4O2/c1-2-3-4-9-6(8)5-7;1-2(3)4/h2-5,7H2,1H3;1H3,(H,3,4). The van der Waals surface area contributed by atoms with Gasteiger partial charge in [-0.15, -0.1) is 0 Å². The predicted octanol–water partition coefficient (Wildman–Crippen LogP) is 0.379. The lowest BCUT2D eigenvalue weighted by atomic mass is 10.4.